The van der Waals surface area contributed by atoms with Crippen molar-refractivity contribution < 1.29 is 9.59 Å². The number of thiazole rings is 1. The molecule has 3 rings (SSSR count). The molecule has 1 aromatic heterocycles. The predicted octanol–water partition coefficient (Wildman–Crippen LogP) is 2.49. The Balaban J connectivity index is 1.41. The van der Waals surface area contributed by atoms with Crippen molar-refractivity contribution in [2.75, 3.05) is 25.0 Å². The van der Waals surface area contributed by atoms with E-state index in [4.69, 9.17) is 0 Å². The number of piperidine rings is 1. The first-order chi connectivity index (χ1) is 12.2. The highest BCUT2D eigenvalue weighted by molar-refractivity contribution is 7.13. The summed E-state index contributed by atoms with van der Waals surface area (Å²) in [6.07, 6.45) is 7.86. The highest BCUT2D eigenvalue weighted by atomic mass is 32.1. The third-order valence-electron chi connectivity index (χ3n) is 5.48. The molecule has 2 aliphatic rings. The Morgan fingerprint density at radius 3 is 2.64 bits per heavy atom. The maximum atomic E-state index is 12.5. The van der Waals surface area contributed by atoms with Crippen molar-refractivity contribution in [3.05, 3.63) is 11.6 Å². The molecule has 1 atom stereocenters. The van der Waals surface area contributed by atoms with Crippen molar-refractivity contribution in [3.63, 3.8) is 0 Å². The number of hydrogen-bond acceptors (Lipinski definition) is 5. The van der Waals surface area contributed by atoms with Crippen LogP contribution in [-0.4, -0.2) is 47.4 Å². The summed E-state index contributed by atoms with van der Waals surface area (Å²) in [7, 11) is 0. The number of rotatable bonds is 7. The van der Waals surface area contributed by atoms with Crippen LogP contribution < -0.4 is 10.6 Å². The Morgan fingerprint density at radius 1 is 1.32 bits per heavy atom. The molecule has 6 nitrogen and oxygen atoms in total. The minimum Gasteiger partial charge on any atom is -0.356 e. The Bertz CT molecular complexity index is 566. The van der Waals surface area contributed by atoms with E-state index in [9.17, 15) is 9.59 Å². The van der Waals surface area contributed by atoms with Gasteiger partial charge in [0.25, 0.3) is 0 Å². The molecule has 0 bridgehead atoms. The molecule has 0 spiro atoms. The van der Waals surface area contributed by atoms with Crippen LogP contribution in [0.4, 0.5) is 5.13 Å². The van der Waals surface area contributed by atoms with Gasteiger partial charge in [0.1, 0.15) is 0 Å². The molecular weight excluding hydrogens is 336 g/mol. The number of carbonyl (C=O) groups excluding carboxylic acids is 2. The second-order valence-electron chi connectivity index (χ2n) is 7.10. The normalized spacial score (nSPS) is 20.7. The second kappa shape index (κ2) is 8.76. The lowest BCUT2D eigenvalue weighted by Crippen LogP contribution is -2.48. The maximum Gasteiger partial charge on any atom is 0.243 e. The average Bonchev–Trinajstić information content (AvgIpc) is 3.06. The number of nitrogens with one attached hydrogen (secondary N) is 2. The van der Waals surface area contributed by atoms with Gasteiger partial charge in [-0.1, -0.05) is 13.3 Å². The molecule has 138 valence electrons. The largest absolute Gasteiger partial charge is 0.356 e. The lowest BCUT2D eigenvalue weighted by molar-refractivity contribution is -0.127. The molecule has 7 heteroatoms. The standard InChI is InChI=1S/C18H28N4O2S/c1-2-15(17(24)21-18-19-8-11-25-18)22-9-6-13(7-10-22)12-20-16(23)14-4-3-5-14/h8,11,13-15H,2-7,9-10,12H2,1H3,(H,20,23)(H,19,21,24). The van der Waals surface area contributed by atoms with Gasteiger partial charge in [0.15, 0.2) is 5.13 Å². The van der Waals surface area contributed by atoms with Crippen LogP contribution in [0.25, 0.3) is 0 Å². The van der Waals surface area contributed by atoms with Gasteiger partial charge in [0.05, 0.1) is 6.04 Å². The lowest BCUT2D eigenvalue weighted by Gasteiger charge is -2.36. The Hall–Kier alpha value is -1.47. The molecule has 0 radical (unpaired) electrons. The first kappa shape index (κ1) is 18.3. The maximum absolute atomic E-state index is 12.5. The van der Waals surface area contributed by atoms with E-state index < -0.39 is 0 Å². The summed E-state index contributed by atoms with van der Waals surface area (Å²) in [4.78, 5) is 30.9. The molecular formula is C18H28N4O2S. The number of anilines is 1. The van der Waals surface area contributed by atoms with Crippen LogP contribution in [0.2, 0.25) is 0 Å². The summed E-state index contributed by atoms with van der Waals surface area (Å²) >= 11 is 1.44. The predicted molar refractivity (Wildman–Crippen MR) is 99.5 cm³/mol. The third kappa shape index (κ3) is 4.79. The molecule has 2 amide bonds. The molecule has 1 aromatic rings. The van der Waals surface area contributed by atoms with Gasteiger partial charge < -0.3 is 10.6 Å². The molecule has 1 saturated carbocycles. The molecule has 2 heterocycles. The first-order valence-electron chi connectivity index (χ1n) is 9.39. The van der Waals surface area contributed by atoms with Crippen molar-refractivity contribution in [1.29, 1.82) is 0 Å². The van der Waals surface area contributed by atoms with Crippen molar-refractivity contribution in [3.8, 4) is 0 Å². The number of aromatic nitrogens is 1. The number of nitrogens with zero attached hydrogens (tertiary/aromatic N) is 2. The minimum atomic E-state index is -0.102. The van der Waals surface area contributed by atoms with Gasteiger partial charge in [-0.2, -0.15) is 0 Å². The fourth-order valence-electron chi connectivity index (χ4n) is 3.61. The van der Waals surface area contributed by atoms with Crippen molar-refractivity contribution in [1.82, 2.24) is 15.2 Å². The summed E-state index contributed by atoms with van der Waals surface area (Å²) in [6.45, 7) is 4.66. The van der Waals surface area contributed by atoms with Gasteiger partial charge in [0.2, 0.25) is 11.8 Å². The quantitative estimate of drug-likeness (QED) is 0.779. The smallest absolute Gasteiger partial charge is 0.243 e. The van der Waals surface area contributed by atoms with Gasteiger partial charge >= 0.3 is 0 Å². The Morgan fingerprint density at radius 2 is 2.08 bits per heavy atom. The monoisotopic (exact) mass is 364 g/mol. The number of carbonyl (C=O) groups is 2. The van der Waals surface area contributed by atoms with Crippen LogP contribution in [-0.2, 0) is 9.59 Å². The van der Waals surface area contributed by atoms with Crippen molar-refractivity contribution in [2.24, 2.45) is 11.8 Å². The van der Waals surface area contributed by atoms with E-state index in [0.717, 1.165) is 51.7 Å². The average molecular weight is 365 g/mol. The molecule has 0 aromatic carbocycles. The van der Waals surface area contributed by atoms with E-state index in [-0.39, 0.29) is 23.8 Å². The van der Waals surface area contributed by atoms with Crippen LogP contribution in [0.5, 0.6) is 0 Å². The van der Waals surface area contributed by atoms with E-state index in [0.29, 0.717) is 11.0 Å². The number of amides is 2. The van der Waals surface area contributed by atoms with Crippen LogP contribution in [0.3, 0.4) is 0 Å². The highest BCUT2D eigenvalue weighted by Gasteiger charge is 2.30. The van der Waals surface area contributed by atoms with E-state index >= 15 is 0 Å². The number of likely N-dealkylation sites (tertiary alicyclic amines) is 1. The van der Waals surface area contributed by atoms with Crippen molar-refractivity contribution in [2.45, 2.75) is 51.5 Å². The zero-order valence-corrected chi connectivity index (χ0v) is 15.7. The van der Waals surface area contributed by atoms with E-state index in [2.05, 4.69) is 27.4 Å². The lowest BCUT2D eigenvalue weighted by atomic mass is 9.84. The SMILES string of the molecule is CCC(C(=O)Nc1nccs1)N1CCC(CNC(=O)C2CCC2)CC1. The zero-order chi connectivity index (χ0) is 17.6. The Kier molecular flexibility index (Phi) is 6.42. The van der Waals surface area contributed by atoms with Crippen LogP contribution in [0.15, 0.2) is 11.6 Å². The fraction of sp³-hybridized carbons (Fsp3) is 0.722. The topological polar surface area (TPSA) is 74.3 Å². The van der Waals surface area contributed by atoms with Crippen LogP contribution in [0, 0.1) is 11.8 Å². The molecule has 25 heavy (non-hydrogen) atoms. The summed E-state index contributed by atoms with van der Waals surface area (Å²) in [5.74, 6) is 1.07. The summed E-state index contributed by atoms with van der Waals surface area (Å²) in [6, 6.07) is -0.102. The molecule has 1 aliphatic heterocycles. The van der Waals surface area contributed by atoms with E-state index in [1.807, 2.05) is 5.38 Å². The summed E-state index contributed by atoms with van der Waals surface area (Å²) in [5, 5.41) is 8.56. The number of hydrogen-bond donors (Lipinski definition) is 2. The van der Waals surface area contributed by atoms with Gasteiger partial charge in [-0.25, -0.2) is 4.98 Å². The Labute approximate surface area is 153 Å². The molecule has 2 N–H and O–H groups in total. The van der Waals surface area contributed by atoms with Crippen molar-refractivity contribution >= 4 is 28.3 Å². The minimum absolute atomic E-state index is 0.0363. The molecule has 1 unspecified atom stereocenters. The van der Waals surface area contributed by atoms with Crippen LogP contribution >= 0.6 is 11.3 Å². The highest BCUT2D eigenvalue weighted by Crippen LogP contribution is 2.26. The fourth-order valence-corrected chi connectivity index (χ4v) is 4.14. The zero-order valence-electron chi connectivity index (χ0n) is 14.9. The summed E-state index contributed by atoms with van der Waals surface area (Å²) in [5.41, 5.74) is 0. The third-order valence-corrected chi connectivity index (χ3v) is 6.17. The van der Waals surface area contributed by atoms with Gasteiger partial charge in [-0.05, 0) is 51.1 Å². The molecule has 2 fully saturated rings. The second-order valence-corrected chi connectivity index (χ2v) is 8.00. The van der Waals surface area contributed by atoms with E-state index in [1.54, 1.807) is 6.20 Å². The van der Waals surface area contributed by atoms with Crippen LogP contribution in [0.1, 0.15) is 45.4 Å². The molecule has 1 saturated heterocycles. The van der Waals surface area contributed by atoms with Gasteiger partial charge in [-0.3, -0.25) is 14.5 Å². The first-order valence-corrected chi connectivity index (χ1v) is 10.3. The molecule has 1 aliphatic carbocycles. The van der Waals surface area contributed by atoms with Gasteiger partial charge in [-0.15, -0.1) is 11.3 Å². The van der Waals surface area contributed by atoms with Gasteiger partial charge in [0, 0.05) is 24.0 Å². The van der Waals surface area contributed by atoms with E-state index in [1.165, 1.54) is 17.8 Å². The summed E-state index contributed by atoms with van der Waals surface area (Å²) < 4.78 is 0.